The van der Waals surface area contributed by atoms with Crippen molar-refractivity contribution in [3.63, 3.8) is 0 Å². The SMILES string of the molecule is CC(C)(C)C1=C(C(C)(C)C)C(=O)N(C(C)(C)C)C1=O. The smallest absolute Gasteiger partial charge is 0.258 e. The molecule has 1 heterocycles. The van der Waals surface area contributed by atoms with Gasteiger partial charge in [-0.05, 0) is 31.6 Å². The predicted molar refractivity (Wildman–Crippen MR) is 77.5 cm³/mol. The number of hydrogen-bond donors (Lipinski definition) is 0. The van der Waals surface area contributed by atoms with Crippen molar-refractivity contribution < 1.29 is 9.59 Å². The van der Waals surface area contributed by atoms with E-state index in [9.17, 15) is 9.59 Å². The van der Waals surface area contributed by atoms with Crippen LogP contribution in [0.4, 0.5) is 0 Å². The van der Waals surface area contributed by atoms with Crippen LogP contribution in [0.15, 0.2) is 11.1 Å². The summed E-state index contributed by atoms with van der Waals surface area (Å²) in [5.74, 6) is -0.259. The van der Waals surface area contributed by atoms with E-state index in [1.54, 1.807) is 0 Å². The molecule has 0 radical (unpaired) electrons. The van der Waals surface area contributed by atoms with Crippen LogP contribution in [-0.4, -0.2) is 22.3 Å². The van der Waals surface area contributed by atoms with Crippen molar-refractivity contribution in [2.45, 2.75) is 67.9 Å². The van der Waals surface area contributed by atoms with Gasteiger partial charge in [0.25, 0.3) is 11.8 Å². The average molecular weight is 265 g/mol. The number of nitrogens with zero attached hydrogens (tertiary/aromatic N) is 1. The minimum absolute atomic E-state index is 0.130. The number of hydrogen-bond acceptors (Lipinski definition) is 2. The summed E-state index contributed by atoms with van der Waals surface area (Å²) in [6.45, 7) is 17.6. The Morgan fingerprint density at radius 1 is 0.632 bits per heavy atom. The lowest BCUT2D eigenvalue weighted by atomic mass is 9.76. The topological polar surface area (TPSA) is 37.4 Å². The van der Waals surface area contributed by atoms with Crippen LogP contribution in [0.3, 0.4) is 0 Å². The van der Waals surface area contributed by atoms with E-state index in [2.05, 4.69) is 0 Å². The molecule has 2 amide bonds. The minimum Gasteiger partial charge on any atom is -0.270 e. The Kier molecular flexibility index (Phi) is 3.51. The van der Waals surface area contributed by atoms with E-state index in [0.717, 1.165) is 0 Å². The molecule has 0 unspecified atom stereocenters. The number of amides is 2. The molecule has 0 aromatic heterocycles. The van der Waals surface area contributed by atoms with Gasteiger partial charge in [0.1, 0.15) is 0 Å². The molecule has 1 aliphatic heterocycles. The Morgan fingerprint density at radius 2 is 0.895 bits per heavy atom. The summed E-state index contributed by atoms with van der Waals surface area (Å²) in [5, 5.41) is 0. The van der Waals surface area contributed by atoms with Crippen LogP contribution in [0, 0.1) is 10.8 Å². The second kappa shape index (κ2) is 4.19. The van der Waals surface area contributed by atoms with E-state index in [1.165, 1.54) is 4.90 Å². The molecule has 19 heavy (non-hydrogen) atoms. The van der Waals surface area contributed by atoms with Gasteiger partial charge >= 0.3 is 0 Å². The number of carbonyl (C=O) groups is 2. The molecule has 0 bridgehead atoms. The summed E-state index contributed by atoms with van der Waals surface area (Å²) >= 11 is 0. The molecule has 0 aromatic carbocycles. The molecule has 0 aliphatic carbocycles. The first-order chi connectivity index (χ1) is 8.19. The van der Waals surface area contributed by atoms with Crippen LogP contribution < -0.4 is 0 Å². The normalized spacial score (nSPS) is 18.7. The lowest BCUT2D eigenvalue weighted by Crippen LogP contribution is -2.47. The number of carbonyl (C=O) groups excluding carboxylic acids is 2. The molecule has 0 N–H and O–H groups in total. The van der Waals surface area contributed by atoms with Gasteiger partial charge in [0.2, 0.25) is 0 Å². The largest absolute Gasteiger partial charge is 0.270 e. The van der Waals surface area contributed by atoms with Gasteiger partial charge in [-0.2, -0.15) is 0 Å². The van der Waals surface area contributed by atoms with Gasteiger partial charge < -0.3 is 0 Å². The van der Waals surface area contributed by atoms with E-state index in [0.29, 0.717) is 11.1 Å². The number of rotatable bonds is 0. The van der Waals surface area contributed by atoms with Crippen LogP contribution in [0.2, 0.25) is 0 Å². The second-order valence-electron chi connectivity index (χ2n) is 8.37. The lowest BCUT2D eigenvalue weighted by Gasteiger charge is -2.32. The first kappa shape index (κ1) is 15.9. The molecular formula is C16H27NO2. The van der Waals surface area contributed by atoms with Crippen molar-refractivity contribution in [1.82, 2.24) is 4.90 Å². The Balaban J connectivity index is 3.55. The molecule has 0 saturated carbocycles. The minimum atomic E-state index is -0.488. The van der Waals surface area contributed by atoms with E-state index in [4.69, 9.17) is 0 Å². The fraction of sp³-hybridized carbons (Fsp3) is 0.750. The van der Waals surface area contributed by atoms with Gasteiger partial charge in [-0.15, -0.1) is 0 Å². The maximum atomic E-state index is 12.7. The molecule has 1 aliphatic rings. The molecule has 3 heteroatoms. The van der Waals surface area contributed by atoms with Gasteiger partial charge in [-0.25, -0.2) is 0 Å². The van der Waals surface area contributed by atoms with Crippen molar-refractivity contribution >= 4 is 11.8 Å². The highest BCUT2D eigenvalue weighted by Crippen LogP contribution is 2.44. The fourth-order valence-electron chi connectivity index (χ4n) is 2.53. The third-order valence-electron chi connectivity index (χ3n) is 3.25. The average Bonchev–Trinajstić information content (AvgIpc) is 2.33. The van der Waals surface area contributed by atoms with E-state index in [1.807, 2.05) is 62.3 Å². The van der Waals surface area contributed by atoms with Gasteiger partial charge in [0, 0.05) is 16.7 Å². The molecule has 3 nitrogen and oxygen atoms in total. The molecule has 0 saturated heterocycles. The standard InChI is InChI=1S/C16H27NO2/c1-14(2,3)10-11(15(4,5)6)13(19)17(12(10)18)16(7,8)9/h1-9H3. The summed E-state index contributed by atoms with van der Waals surface area (Å²) in [7, 11) is 0. The predicted octanol–water partition coefficient (Wildman–Crippen LogP) is 3.54. The van der Waals surface area contributed by atoms with Crippen molar-refractivity contribution in [2.75, 3.05) is 0 Å². The van der Waals surface area contributed by atoms with Crippen LogP contribution in [0.5, 0.6) is 0 Å². The van der Waals surface area contributed by atoms with Crippen molar-refractivity contribution in [2.24, 2.45) is 10.8 Å². The quantitative estimate of drug-likeness (QED) is 0.628. The van der Waals surface area contributed by atoms with Crippen LogP contribution in [0.25, 0.3) is 0 Å². The Morgan fingerprint density at radius 3 is 1.05 bits per heavy atom. The Labute approximate surface area is 117 Å². The first-order valence-electron chi connectivity index (χ1n) is 6.83. The van der Waals surface area contributed by atoms with Crippen molar-refractivity contribution in [1.29, 1.82) is 0 Å². The van der Waals surface area contributed by atoms with E-state index < -0.39 is 5.54 Å². The molecule has 0 fully saturated rings. The van der Waals surface area contributed by atoms with Gasteiger partial charge in [0.05, 0.1) is 0 Å². The highest BCUT2D eigenvalue weighted by molar-refractivity contribution is 6.20. The first-order valence-corrected chi connectivity index (χ1v) is 6.83. The summed E-state index contributed by atoms with van der Waals surface area (Å²) in [5.41, 5.74) is 0.197. The number of imide groups is 1. The van der Waals surface area contributed by atoms with Crippen molar-refractivity contribution in [3.05, 3.63) is 11.1 Å². The van der Waals surface area contributed by atoms with Crippen LogP contribution in [-0.2, 0) is 9.59 Å². The van der Waals surface area contributed by atoms with Crippen LogP contribution >= 0.6 is 0 Å². The zero-order chi connectivity index (χ0) is 15.4. The Hall–Kier alpha value is -1.12. The summed E-state index contributed by atoms with van der Waals surface area (Å²) in [4.78, 5) is 26.8. The second-order valence-corrected chi connectivity index (χ2v) is 8.37. The molecule has 108 valence electrons. The van der Waals surface area contributed by atoms with E-state index in [-0.39, 0.29) is 22.6 Å². The maximum Gasteiger partial charge on any atom is 0.258 e. The Bertz CT molecular complexity index is 415. The van der Waals surface area contributed by atoms with Gasteiger partial charge in [0.15, 0.2) is 0 Å². The van der Waals surface area contributed by atoms with Gasteiger partial charge in [-0.1, -0.05) is 41.5 Å². The molecular weight excluding hydrogens is 238 g/mol. The maximum absolute atomic E-state index is 12.7. The monoisotopic (exact) mass is 265 g/mol. The van der Waals surface area contributed by atoms with E-state index >= 15 is 0 Å². The third-order valence-corrected chi connectivity index (χ3v) is 3.25. The van der Waals surface area contributed by atoms with Crippen LogP contribution in [0.1, 0.15) is 62.3 Å². The molecule has 1 rings (SSSR count). The fourth-order valence-corrected chi connectivity index (χ4v) is 2.53. The summed E-state index contributed by atoms with van der Waals surface area (Å²) in [6.07, 6.45) is 0. The molecule has 0 atom stereocenters. The lowest BCUT2D eigenvalue weighted by molar-refractivity contribution is -0.143. The highest BCUT2D eigenvalue weighted by Gasteiger charge is 2.49. The van der Waals surface area contributed by atoms with Crippen molar-refractivity contribution in [3.8, 4) is 0 Å². The molecule has 0 aromatic rings. The zero-order valence-electron chi connectivity index (χ0n) is 13.8. The summed E-state index contributed by atoms with van der Waals surface area (Å²) in [6, 6.07) is 0. The zero-order valence-corrected chi connectivity index (χ0v) is 13.8. The summed E-state index contributed by atoms with van der Waals surface area (Å²) < 4.78 is 0. The van der Waals surface area contributed by atoms with Gasteiger partial charge in [-0.3, -0.25) is 14.5 Å². The highest BCUT2D eigenvalue weighted by atomic mass is 16.2. The molecule has 0 spiro atoms. The third kappa shape index (κ3) is 2.75.